The second-order valence-corrected chi connectivity index (χ2v) is 3.98. The fourth-order valence-electron chi connectivity index (χ4n) is 1.38. The van der Waals surface area contributed by atoms with Gasteiger partial charge in [-0.25, -0.2) is 0 Å². The van der Waals surface area contributed by atoms with Gasteiger partial charge in [0.25, 0.3) is 5.91 Å². The van der Waals surface area contributed by atoms with Gasteiger partial charge in [0, 0.05) is 6.04 Å². The van der Waals surface area contributed by atoms with Gasteiger partial charge >= 0.3 is 0 Å². The van der Waals surface area contributed by atoms with E-state index in [-0.39, 0.29) is 11.9 Å². The molecule has 0 bridgehead atoms. The lowest BCUT2D eigenvalue weighted by atomic mass is 10.1. The summed E-state index contributed by atoms with van der Waals surface area (Å²) in [5.74, 6) is -0.0517. The first-order valence-electron chi connectivity index (χ1n) is 5.72. The Labute approximate surface area is 96.5 Å². The summed E-state index contributed by atoms with van der Waals surface area (Å²) in [6, 6.07) is 1.98. The minimum absolute atomic E-state index is 0.0517. The van der Waals surface area contributed by atoms with Gasteiger partial charge in [-0.05, 0) is 32.8 Å². The summed E-state index contributed by atoms with van der Waals surface area (Å²) in [7, 11) is 0. The van der Waals surface area contributed by atoms with Gasteiger partial charge in [0.05, 0.1) is 17.0 Å². The highest BCUT2D eigenvalue weighted by atomic mass is 16.1. The molecule has 0 aromatic carbocycles. The molecule has 0 saturated carbocycles. The number of carbonyl (C=O) groups is 1. The third kappa shape index (κ3) is 3.02. The van der Waals surface area contributed by atoms with Crippen molar-refractivity contribution in [1.29, 1.82) is 0 Å². The largest absolute Gasteiger partial charge is 0.350 e. The molecule has 0 spiro atoms. The second kappa shape index (κ2) is 5.58. The zero-order valence-corrected chi connectivity index (χ0v) is 10.4. The fourth-order valence-corrected chi connectivity index (χ4v) is 1.38. The van der Waals surface area contributed by atoms with Gasteiger partial charge in [-0.3, -0.25) is 4.79 Å². The number of hydrogen-bond donors (Lipinski definition) is 1. The molecule has 1 N–H and O–H groups in total. The lowest BCUT2D eigenvalue weighted by Crippen LogP contribution is -2.33. The average Bonchev–Trinajstić information content (AvgIpc) is 2.28. The fraction of sp³-hybridized carbons (Fsp3) is 0.583. The number of hydrogen-bond acceptors (Lipinski definition) is 3. The number of amides is 1. The quantitative estimate of drug-likeness (QED) is 0.844. The number of nitrogens with zero attached hydrogens (tertiary/aromatic N) is 2. The Morgan fingerprint density at radius 1 is 1.44 bits per heavy atom. The number of rotatable bonds is 4. The summed E-state index contributed by atoms with van der Waals surface area (Å²) in [6.45, 7) is 7.85. The van der Waals surface area contributed by atoms with Crippen LogP contribution in [0.15, 0.2) is 6.07 Å². The molecule has 0 saturated heterocycles. The average molecular weight is 221 g/mol. The van der Waals surface area contributed by atoms with Gasteiger partial charge in [0.2, 0.25) is 0 Å². The Morgan fingerprint density at radius 3 is 2.69 bits per heavy atom. The Kier molecular flexibility index (Phi) is 4.40. The molecule has 1 amide bonds. The maximum atomic E-state index is 12.0. The lowest BCUT2D eigenvalue weighted by molar-refractivity contribution is 0.0937. The van der Waals surface area contributed by atoms with Crippen LogP contribution >= 0.6 is 0 Å². The van der Waals surface area contributed by atoms with Crippen molar-refractivity contribution in [2.24, 2.45) is 0 Å². The normalized spacial score (nSPS) is 12.2. The Balaban J connectivity index is 2.93. The number of nitrogens with one attached hydrogen (secondary N) is 1. The summed E-state index contributed by atoms with van der Waals surface area (Å²) in [5.41, 5.74) is 2.17. The molecule has 0 aliphatic heterocycles. The van der Waals surface area contributed by atoms with Crippen molar-refractivity contribution in [2.75, 3.05) is 0 Å². The first-order valence-corrected chi connectivity index (χ1v) is 5.72. The van der Waals surface area contributed by atoms with Gasteiger partial charge in [0.15, 0.2) is 0 Å². The molecular formula is C12H19N3O. The maximum absolute atomic E-state index is 12.0. The van der Waals surface area contributed by atoms with Crippen LogP contribution in [0.5, 0.6) is 0 Å². The molecule has 1 rings (SSSR count). The van der Waals surface area contributed by atoms with E-state index in [4.69, 9.17) is 0 Å². The smallest absolute Gasteiger partial charge is 0.253 e. The predicted octanol–water partition coefficient (Wildman–Crippen LogP) is 1.88. The SMILES string of the molecule is CCc1nnc(C)cc1C(=O)NC(C)CC. The van der Waals surface area contributed by atoms with Crippen LogP contribution in [0.2, 0.25) is 0 Å². The second-order valence-electron chi connectivity index (χ2n) is 3.98. The van der Waals surface area contributed by atoms with Crippen molar-refractivity contribution < 1.29 is 4.79 Å². The molecule has 1 aromatic heterocycles. The summed E-state index contributed by atoms with van der Waals surface area (Å²) in [4.78, 5) is 12.0. The summed E-state index contributed by atoms with van der Waals surface area (Å²) >= 11 is 0. The Morgan fingerprint density at radius 2 is 2.12 bits per heavy atom. The van der Waals surface area contributed by atoms with E-state index >= 15 is 0 Å². The lowest BCUT2D eigenvalue weighted by Gasteiger charge is -2.13. The van der Waals surface area contributed by atoms with E-state index in [0.717, 1.165) is 24.2 Å². The van der Waals surface area contributed by atoms with E-state index in [2.05, 4.69) is 15.5 Å². The molecule has 1 atom stereocenters. The predicted molar refractivity (Wildman–Crippen MR) is 63.4 cm³/mol. The molecule has 1 heterocycles. The van der Waals surface area contributed by atoms with Crippen molar-refractivity contribution in [2.45, 2.75) is 46.6 Å². The van der Waals surface area contributed by atoms with Gasteiger partial charge < -0.3 is 5.32 Å². The van der Waals surface area contributed by atoms with Crippen LogP contribution in [0.1, 0.15) is 48.9 Å². The molecule has 88 valence electrons. The monoisotopic (exact) mass is 221 g/mol. The minimum atomic E-state index is -0.0517. The van der Waals surface area contributed by atoms with E-state index in [1.807, 2.05) is 27.7 Å². The summed E-state index contributed by atoms with van der Waals surface area (Å²) < 4.78 is 0. The van der Waals surface area contributed by atoms with Crippen molar-refractivity contribution >= 4 is 5.91 Å². The maximum Gasteiger partial charge on any atom is 0.253 e. The van der Waals surface area contributed by atoms with Crippen molar-refractivity contribution in [1.82, 2.24) is 15.5 Å². The van der Waals surface area contributed by atoms with Gasteiger partial charge in [-0.1, -0.05) is 13.8 Å². The van der Waals surface area contributed by atoms with Gasteiger partial charge in [-0.15, -0.1) is 0 Å². The first kappa shape index (κ1) is 12.6. The molecule has 1 unspecified atom stereocenters. The van der Waals surface area contributed by atoms with Crippen molar-refractivity contribution in [3.63, 3.8) is 0 Å². The Hall–Kier alpha value is -1.45. The van der Waals surface area contributed by atoms with E-state index in [0.29, 0.717) is 5.56 Å². The standard InChI is InChI=1S/C12H19N3O/c1-5-8(3)13-12(16)10-7-9(4)14-15-11(10)6-2/h7-8H,5-6H2,1-4H3,(H,13,16). The molecule has 0 fully saturated rings. The number of carbonyl (C=O) groups excluding carboxylic acids is 1. The zero-order chi connectivity index (χ0) is 12.1. The molecule has 0 aliphatic carbocycles. The highest BCUT2D eigenvalue weighted by Crippen LogP contribution is 2.08. The van der Waals surface area contributed by atoms with Gasteiger partial charge in [0.1, 0.15) is 0 Å². The topological polar surface area (TPSA) is 54.9 Å². The van der Waals surface area contributed by atoms with Crippen LogP contribution in [0.25, 0.3) is 0 Å². The van der Waals surface area contributed by atoms with Crippen LogP contribution in [-0.2, 0) is 6.42 Å². The van der Waals surface area contributed by atoms with E-state index in [1.165, 1.54) is 0 Å². The van der Waals surface area contributed by atoms with Crippen LogP contribution in [0, 0.1) is 6.92 Å². The van der Waals surface area contributed by atoms with E-state index < -0.39 is 0 Å². The van der Waals surface area contributed by atoms with Crippen LogP contribution in [0.4, 0.5) is 0 Å². The van der Waals surface area contributed by atoms with Gasteiger partial charge in [-0.2, -0.15) is 10.2 Å². The molecular weight excluding hydrogens is 202 g/mol. The van der Waals surface area contributed by atoms with E-state index in [1.54, 1.807) is 6.07 Å². The highest BCUT2D eigenvalue weighted by molar-refractivity contribution is 5.95. The highest BCUT2D eigenvalue weighted by Gasteiger charge is 2.14. The molecule has 0 aliphatic rings. The van der Waals surface area contributed by atoms with Crippen molar-refractivity contribution in [3.05, 3.63) is 23.0 Å². The minimum Gasteiger partial charge on any atom is -0.350 e. The van der Waals surface area contributed by atoms with Crippen molar-refractivity contribution in [3.8, 4) is 0 Å². The number of aromatic nitrogens is 2. The Bertz CT molecular complexity index is 377. The molecule has 0 radical (unpaired) electrons. The summed E-state index contributed by atoms with van der Waals surface area (Å²) in [6.07, 6.45) is 1.64. The zero-order valence-electron chi connectivity index (χ0n) is 10.4. The van der Waals surface area contributed by atoms with E-state index in [9.17, 15) is 4.79 Å². The third-order valence-electron chi connectivity index (χ3n) is 2.56. The van der Waals surface area contributed by atoms with Crippen LogP contribution in [-0.4, -0.2) is 22.1 Å². The van der Waals surface area contributed by atoms with Crippen LogP contribution in [0.3, 0.4) is 0 Å². The molecule has 1 aromatic rings. The third-order valence-corrected chi connectivity index (χ3v) is 2.56. The van der Waals surface area contributed by atoms with Crippen LogP contribution < -0.4 is 5.32 Å². The first-order chi connectivity index (χ1) is 7.58. The molecule has 4 heteroatoms. The molecule has 4 nitrogen and oxygen atoms in total. The number of aryl methyl sites for hydroxylation is 2. The molecule has 16 heavy (non-hydrogen) atoms. The summed E-state index contributed by atoms with van der Waals surface area (Å²) in [5, 5.41) is 10.9.